The maximum atomic E-state index is 13.2. The molecule has 1 N–H and O–H groups in total. The maximum Gasteiger partial charge on any atom is 0.266 e. The molecule has 1 saturated heterocycles. The molecule has 1 amide bonds. The molecule has 0 spiro atoms. The Morgan fingerprint density at radius 1 is 1.27 bits per heavy atom. The molecule has 0 saturated carbocycles. The maximum absolute atomic E-state index is 13.2. The molecule has 9 heteroatoms. The van der Waals surface area contributed by atoms with Crippen molar-refractivity contribution in [3.8, 4) is 5.69 Å². The number of nitrogens with one attached hydrogen (secondary N) is 1. The lowest BCUT2D eigenvalue weighted by molar-refractivity contribution is -0.119. The Kier molecular flexibility index (Phi) is 6.63. The number of aromatic nitrogens is 2. The number of para-hydroxylation sites is 1. The topological polar surface area (TPSA) is 73.2 Å². The first-order chi connectivity index (χ1) is 14.5. The van der Waals surface area contributed by atoms with E-state index in [1.807, 2.05) is 6.07 Å². The number of nitrogens with zero attached hydrogens (tertiary/aromatic N) is 2. The lowest BCUT2D eigenvalue weighted by Gasteiger charge is -2.15. The summed E-state index contributed by atoms with van der Waals surface area (Å²) in [6, 6.07) is 12.0. The molecule has 4 rings (SSSR count). The van der Waals surface area contributed by atoms with Gasteiger partial charge in [0.05, 0.1) is 33.5 Å². The molecule has 156 valence electrons. The molecule has 6 nitrogen and oxygen atoms in total. The van der Waals surface area contributed by atoms with Gasteiger partial charge in [-0.25, -0.2) is 4.98 Å². The third kappa shape index (κ3) is 4.64. The quantitative estimate of drug-likeness (QED) is 0.440. The van der Waals surface area contributed by atoms with Gasteiger partial charge in [-0.1, -0.05) is 47.1 Å². The molecule has 2 aromatic carbocycles. The van der Waals surface area contributed by atoms with Crippen molar-refractivity contribution in [2.45, 2.75) is 24.1 Å². The van der Waals surface area contributed by atoms with Crippen LogP contribution in [0.25, 0.3) is 16.6 Å². The van der Waals surface area contributed by atoms with Crippen molar-refractivity contribution < 1.29 is 9.53 Å². The number of halogens is 2. The van der Waals surface area contributed by atoms with Crippen LogP contribution in [-0.4, -0.2) is 40.5 Å². The van der Waals surface area contributed by atoms with Gasteiger partial charge in [0, 0.05) is 18.2 Å². The smallest absolute Gasteiger partial charge is 0.266 e. The van der Waals surface area contributed by atoms with Gasteiger partial charge >= 0.3 is 0 Å². The van der Waals surface area contributed by atoms with Crippen LogP contribution in [0.5, 0.6) is 0 Å². The van der Waals surface area contributed by atoms with Crippen LogP contribution in [0.2, 0.25) is 10.0 Å². The summed E-state index contributed by atoms with van der Waals surface area (Å²) < 4.78 is 6.94. The minimum Gasteiger partial charge on any atom is -0.376 e. The number of carbonyl (C=O) groups excluding carboxylic acids is 1. The Bertz CT molecular complexity index is 1150. The van der Waals surface area contributed by atoms with Gasteiger partial charge in [0.2, 0.25) is 5.91 Å². The third-order valence-corrected chi connectivity index (χ3v) is 6.27. The molecular formula is C21H19Cl2N3O3S. The van der Waals surface area contributed by atoms with Crippen molar-refractivity contribution in [1.29, 1.82) is 0 Å². The Balaban J connectivity index is 1.65. The number of amides is 1. The van der Waals surface area contributed by atoms with Gasteiger partial charge in [0.25, 0.3) is 5.56 Å². The number of rotatable bonds is 6. The first-order valence-corrected chi connectivity index (χ1v) is 11.3. The summed E-state index contributed by atoms with van der Waals surface area (Å²) in [5.41, 5.74) is 0.709. The molecule has 1 unspecified atom stereocenters. The second-order valence-electron chi connectivity index (χ2n) is 6.88. The van der Waals surface area contributed by atoms with Crippen molar-refractivity contribution in [3.63, 3.8) is 0 Å². The van der Waals surface area contributed by atoms with Crippen LogP contribution in [0.1, 0.15) is 12.8 Å². The summed E-state index contributed by atoms with van der Waals surface area (Å²) in [6.45, 7) is 1.22. The van der Waals surface area contributed by atoms with E-state index in [9.17, 15) is 9.59 Å². The van der Waals surface area contributed by atoms with Gasteiger partial charge in [-0.15, -0.1) is 0 Å². The Hall–Kier alpha value is -2.06. The van der Waals surface area contributed by atoms with Crippen molar-refractivity contribution in [1.82, 2.24) is 14.9 Å². The fraction of sp³-hybridized carbons (Fsp3) is 0.286. The van der Waals surface area contributed by atoms with E-state index in [1.165, 1.54) is 16.3 Å². The highest BCUT2D eigenvalue weighted by Crippen LogP contribution is 2.28. The highest BCUT2D eigenvalue weighted by molar-refractivity contribution is 7.99. The van der Waals surface area contributed by atoms with E-state index in [-0.39, 0.29) is 23.3 Å². The molecule has 1 fully saturated rings. The van der Waals surface area contributed by atoms with Crippen LogP contribution in [0.3, 0.4) is 0 Å². The molecule has 1 atom stereocenters. The van der Waals surface area contributed by atoms with E-state index in [2.05, 4.69) is 10.3 Å². The summed E-state index contributed by atoms with van der Waals surface area (Å²) in [7, 11) is 0. The minimum absolute atomic E-state index is 0.0705. The largest absolute Gasteiger partial charge is 0.376 e. The lowest BCUT2D eigenvalue weighted by Crippen LogP contribution is -2.33. The summed E-state index contributed by atoms with van der Waals surface area (Å²) in [5.74, 6) is -0.0444. The van der Waals surface area contributed by atoms with E-state index < -0.39 is 0 Å². The normalized spacial score (nSPS) is 16.1. The van der Waals surface area contributed by atoms with E-state index in [1.54, 1.807) is 36.4 Å². The Morgan fingerprint density at radius 3 is 2.90 bits per heavy atom. The molecule has 0 aliphatic carbocycles. The fourth-order valence-corrected chi connectivity index (χ4v) is 4.50. The summed E-state index contributed by atoms with van der Waals surface area (Å²) >= 11 is 13.7. The van der Waals surface area contributed by atoms with Crippen LogP contribution in [0, 0.1) is 0 Å². The number of hydrogen-bond acceptors (Lipinski definition) is 5. The van der Waals surface area contributed by atoms with Crippen molar-refractivity contribution in [2.24, 2.45) is 0 Å². The predicted molar refractivity (Wildman–Crippen MR) is 120 cm³/mol. The number of hydrogen-bond donors (Lipinski definition) is 1. The Morgan fingerprint density at radius 2 is 2.10 bits per heavy atom. The summed E-state index contributed by atoms with van der Waals surface area (Å²) in [6.07, 6.45) is 2.04. The van der Waals surface area contributed by atoms with E-state index in [4.69, 9.17) is 27.9 Å². The number of ether oxygens (including phenoxy) is 1. The fourth-order valence-electron chi connectivity index (χ4n) is 3.29. The first-order valence-electron chi connectivity index (χ1n) is 9.51. The monoisotopic (exact) mass is 463 g/mol. The SMILES string of the molecule is O=C(CSc1nc2ccccc2c(=O)n1-c1cc(Cl)ccc1Cl)NCC1CCCO1. The van der Waals surface area contributed by atoms with Crippen LogP contribution in [0.15, 0.2) is 52.4 Å². The number of benzene rings is 2. The van der Waals surface area contributed by atoms with Crippen LogP contribution < -0.4 is 10.9 Å². The van der Waals surface area contributed by atoms with Crippen molar-refractivity contribution >= 4 is 51.8 Å². The molecule has 0 radical (unpaired) electrons. The number of fused-ring (bicyclic) bond motifs is 1. The molecule has 1 aromatic heterocycles. The van der Waals surface area contributed by atoms with Gasteiger partial charge in [-0.3, -0.25) is 14.2 Å². The van der Waals surface area contributed by atoms with Crippen molar-refractivity contribution in [3.05, 3.63) is 62.9 Å². The van der Waals surface area contributed by atoms with Gasteiger partial charge in [-0.05, 0) is 43.2 Å². The molecule has 2 heterocycles. The van der Waals surface area contributed by atoms with Crippen LogP contribution in [-0.2, 0) is 9.53 Å². The molecule has 30 heavy (non-hydrogen) atoms. The second-order valence-corrected chi connectivity index (χ2v) is 8.66. The average molecular weight is 464 g/mol. The lowest BCUT2D eigenvalue weighted by atomic mass is 10.2. The van der Waals surface area contributed by atoms with Crippen LogP contribution in [0.4, 0.5) is 0 Å². The van der Waals surface area contributed by atoms with Gasteiger partial charge in [0.1, 0.15) is 0 Å². The summed E-state index contributed by atoms with van der Waals surface area (Å²) in [4.78, 5) is 30.2. The van der Waals surface area contributed by atoms with E-state index in [0.29, 0.717) is 38.3 Å². The predicted octanol–water partition coefficient (Wildman–Crippen LogP) is 4.08. The molecule has 3 aromatic rings. The standard InChI is InChI=1S/C21H19Cl2N3O3S/c22-13-7-8-16(23)18(10-13)26-20(28)15-5-1-2-6-17(15)25-21(26)30-12-19(27)24-11-14-4-3-9-29-14/h1-2,5-8,10,14H,3-4,9,11-12H2,(H,24,27). The highest BCUT2D eigenvalue weighted by atomic mass is 35.5. The van der Waals surface area contributed by atoms with Gasteiger partial charge < -0.3 is 10.1 Å². The van der Waals surface area contributed by atoms with Gasteiger partial charge in [-0.2, -0.15) is 0 Å². The molecule has 1 aliphatic heterocycles. The number of thioether (sulfide) groups is 1. The number of carbonyl (C=O) groups is 1. The zero-order valence-electron chi connectivity index (χ0n) is 15.9. The minimum atomic E-state index is -0.271. The first kappa shape index (κ1) is 21.2. The second kappa shape index (κ2) is 9.39. The summed E-state index contributed by atoms with van der Waals surface area (Å²) in [5, 5.41) is 4.52. The van der Waals surface area contributed by atoms with E-state index in [0.717, 1.165) is 19.4 Å². The zero-order valence-corrected chi connectivity index (χ0v) is 18.3. The van der Waals surface area contributed by atoms with E-state index >= 15 is 0 Å². The third-order valence-electron chi connectivity index (χ3n) is 4.78. The van der Waals surface area contributed by atoms with Gasteiger partial charge in [0.15, 0.2) is 5.16 Å². The van der Waals surface area contributed by atoms with Crippen molar-refractivity contribution in [2.75, 3.05) is 18.9 Å². The Labute approximate surface area is 187 Å². The molecule has 0 bridgehead atoms. The molecule has 1 aliphatic rings. The average Bonchev–Trinajstić information content (AvgIpc) is 3.27. The van der Waals surface area contributed by atoms with Crippen LogP contribution >= 0.6 is 35.0 Å². The highest BCUT2D eigenvalue weighted by Gasteiger charge is 2.19. The zero-order chi connectivity index (χ0) is 21.1. The molecular weight excluding hydrogens is 445 g/mol.